The highest BCUT2D eigenvalue weighted by Crippen LogP contribution is 2.32. The number of imidazole rings is 1. The number of H-pyrrole nitrogens is 1. The molecule has 0 radical (unpaired) electrons. The predicted molar refractivity (Wildman–Crippen MR) is 172 cm³/mol. The fraction of sp³-hybridized carbons (Fsp3) is 0.353. The van der Waals surface area contributed by atoms with Crippen LogP contribution in [0.15, 0.2) is 66.7 Å². The van der Waals surface area contributed by atoms with Crippen molar-refractivity contribution in [1.29, 1.82) is 0 Å². The summed E-state index contributed by atoms with van der Waals surface area (Å²) in [7, 11) is 1.57. The van der Waals surface area contributed by atoms with Crippen molar-refractivity contribution >= 4 is 23.2 Å². The normalized spacial score (nSPS) is 20.6. The molecule has 0 bridgehead atoms. The number of carbonyl (C=O) groups excluding carboxylic acids is 2. The molecule has 254 valence electrons. The number of benzene rings is 3. The second kappa shape index (κ2) is 14.0. The molecular weight excluding hydrogens is 636 g/mol. The number of hydrogen-bond donors (Lipinski definition) is 1. The number of ether oxygens (including phenoxy) is 7. The lowest BCUT2D eigenvalue weighted by Gasteiger charge is -2.19. The van der Waals surface area contributed by atoms with E-state index < -0.39 is 30.6 Å². The Bertz CT molecular complexity index is 1930. The van der Waals surface area contributed by atoms with Crippen molar-refractivity contribution in [2.45, 2.75) is 51.1 Å². The van der Waals surface area contributed by atoms with Crippen LogP contribution in [0.5, 0.6) is 6.01 Å². The van der Waals surface area contributed by atoms with Gasteiger partial charge in [-0.25, -0.2) is 9.59 Å². The lowest BCUT2D eigenvalue weighted by atomic mass is 9.98. The van der Waals surface area contributed by atoms with Crippen LogP contribution in [0.4, 0.5) is 4.79 Å². The second-order valence-electron chi connectivity index (χ2n) is 11.4. The SMILES string of the molecule is CCOc1nc2cccc(C(=O)OC(C)OC(=O)O[C@H]3CO[C@H]4[C@@H]3OC[C@H]4OC)c2n1Cc1ccc(-c2ccccc2-c2nn[nH]n2)cc1. The van der Waals surface area contributed by atoms with Gasteiger partial charge in [-0.1, -0.05) is 54.6 Å². The molecule has 1 N–H and O–H groups in total. The largest absolute Gasteiger partial charge is 0.511 e. The van der Waals surface area contributed by atoms with Crippen molar-refractivity contribution < 1.29 is 42.7 Å². The van der Waals surface area contributed by atoms with Gasteiger partial charge in [-0.05, 0) is 41.0 Å². The molecule has 0 saturated carbocycles. The van der Waals surface area contributed by atoms with Crippen molar-refractivity contribution in [3.8, 4) is 28.5 Å². The number of hydrogen-bond acceptors (Lipinski definition) is 13. The standard InChI is InChI=1S/C34H34N6O9/c1-4-44-33-35-25-11-7-10-24(32(41)47-19(2)48-34(42)49-27-18-46-29-26(43-3)17-45-30(27)29)28(25)40(33)16-20-12-14-21(15-13-20)22-8-5-6-9-23(22)31-36-38-39-37-31/h5-15,19,26-27,29-30H,4,16-18H2,1-3H3,(H,36,37,38,39)/t19?,26-,27+,29-,30-/m1/s1. The molecule has 1 unspecified atom stereocenters. The third kappa shape index (κ3) is 6.55. The van der Waals surface area contributed by atoms with E-state index in [2.05, 4.69) is 25.6 Å². The number of fused-ring (bicyclic) bond motifs is 2. The van der Waals surface area contributed by atoms with Gasteiger partial charge >= 0.3 is 12.1 Å². The van der Waals surface area contributed by atoms with Gasteiger partial charge < -0.3 is 33.2 Å². The Kier molecular flexibility index (Phi) is 9.19. The summed E-state index contributed by atoms with van der Waals surface area (Å²) in [6.45, 7) is 4.49. The minimum Gasteiger partial charge on any atom is -0.465 e. The Labute approximate surface area is 280 Å². The zero-order chi connectivity index (χ0) is 33.9. The summed E-state index contributed by atoms with van der Waals surface area (Å²) in [5, 5.41) is 14.5. The fourth-order valence-corrected chi connectivity index (χ4v) is 6.15. The summed E-state index contributed by atoms with van der Waals surface area (Å²) in [6.07, 6.45) is -3.97. The van der Waals surface area contributed by atoms with Crippen molar-refractivity contribution in [2.24, 2.45) is 0 Å². The van der Waals surface area contributed by atoms with Crippen molar-refractivity contribution in [3.05, 3.63) is 77.9 Å². The number of aromatic amines is 1. The Morgan fingerprint density at radius 3 is 2.45 bits per heavy atom. The number of esters is 1. The van der Waals surface area contributed by atoms with E-state index in [0.29, 0.717) is 42.6 Å². The minimum atomic E-state index is -1.25. The van der Waals surface area contributed by atoms with E-state index in [4.69, 9.17) is 33.2 Å². The van der Waals surface area contributed by atoms with E-state index >= 15 is 0 Å². The molecule has 0 aliphatic carbocycles. The van der Waals surface area contributed by atoms with Gasteiger partial charge in [0.2, 0.25) is 12.1 Å². The average Bonchev–Trinajstić information content (AvgIpc) is 3.92. The number of rotatable bonds is 11. The first-order chi connectivity index (χ1) is 23.9. The van der Waals surface area contributed by atoms with Crippen LogP contribution in [0.2, 0.25) is 0 Å². The van der Waals surface area contributed by atoms with Crippen LogP contribution in [0, 0.1) is 0 Å². The zero-order valence-corrected chi connectivity index (χ0v) is 27.0. The van der Waals surface area contributed by atoms with Crippen molar-refractivity contribution in [2.75, 3.05) is 26.9 Å². The number of carbonyl (C=O) groups is 2. The summed E-state index contributed by atoms with van der Waals surface area (Å²) >= 11 is 0. The maximum absolute atomic E-state index is 13.5. The Hall–Kier alpha value is -5.38. The van der Waals surface area contributed by atoms with E-state index in [0.717, 1.165) is 22.3 Å². The monoisotopic (exact) mass is 670 g/mol. The zero-order valence-electron chi connectivity index (χ0n) is 27.0. The maximum atomic E-state index is 13.5. The number of tetrazole rings is 1. The summed E-state index contributed by atoms with van der Waals surface area (Å²) in [5.41, 5.74) is 4.98. The van der Waals surface area contributed by atoms with E-state index in [1.54, 1.807) is 25.3 Å². The third-order valence-corrected chi connectivity index (χ3v) is 8.39. The molecule has 3 aromatic carbocycles. The molecule has 2 fully saturated rings. The number of aromatic nitrogens is 6. The van der Waals surface area contributed by atoms with E-state index in [1.807, 2.05) is 60.0 Å². The van der Waals surface area contributed by atoms with E-state index in [9.17, 15) is 9.59 Å². The van der Waals surface area contributed by atoms with E-state index in [-0.39, 0.29) is 24.4 Å². The number of nitrogens with zero attached hydrogens (tertiary/aromatic N) is 5. The first-order valence-corrected chi connectivity index (χ1v) is 15.8. The van der Waals surface area contributed by atoms with Gasteiger partial charge in [-0.2, -0.15) is 10.2 Å². The van der Waals surface area contributed by atoms with Crippen LogP contribution in [0.1, 0.15) is 29.8 Å². The summed E-state index contributed by atoms with van der Waals surface area (Å²) in [6, 6.07) is 21.3. The van der Waals surface area contributed by atoms with Gasteiger partial charge in [0.15, 0.2) is 6.10 Å². The molecule has 5 aromatic rings. The molecule has 2 aromatic heterocycles. The maximum Gasteiger partial charge on any atom is 0.511 e. The van der Waals surface area contributed by atoms with Crippen LogP contribution in [0.25, 0.3) is 33.5 Å². The molecule has 15 nitrogen and oxygen atoms in total. The van der Waals surface area contributed by atoms with Crippen LogP contribution < -0.4 is 4.74 Å². The summed E-state index contributed by atoms with van der Waals surface area (Å²) < 4.78 is 40.7. The van der Waals surface area contributed by atoms with Crippen LogP contribution in [-0.2, 0) is 35.0 Å². The van der Waals surface area contributed by atoms with Gasteiger partial charge in [0.1, 0.15) is 18.3 Å². The molecule has 2 aliphatic rings. The van der Waals surface area contributed by atoms with Crippen LogP contribution >= 0.6 is 0 Å². The Morgan fingerprint density at radius 2 is 1.71 bits per heavy atom. The predicted octanol–water partition coefficient (Wildman–Crippen LogP) is 4.17. The molecule has 0 amide bonds. The highest BCUT2D eigenvalue weighted by molar-refractivity contribution is 6.02. The Morgan fingerprint density at radius 1 is 0.959 bits per heavy atom. The molecule has 0 spiro atoms. The highest BCUT2D eigenvalue weighted by atomic mass is 16.8. The van der Waals surface area contributed by atoms with Crippen LogP contribution in [-0.4, -0.2) is 99.9 Å². The molecule has 15 heteroatoms. The number of nitrogens with one attached hydrogen (secondary N) is 1. The molecule has 2 aliphatic heterocycles. The third-order valence-electron chi connectivity index (χ3n) is 8.39. The van der Waals surface area contributed by atoms with Crippen LogP contribution in [0.3, 0.4) is 0 Å². The topological polar surface area (TPSA) is 171 Å². The fourth-order valence-electron chi connectivity index (χ4n) is 6.15. The number of para-hydroxylation sites is 1. The van der Waals surface area contributed by atoms with Gasteiger partial charge in [-0.15, -0.1) is 10.2 Å². The van der Waals surface area contributed by atoms with Crippen molar-refractivity contribution in [1.82, 2.24) is 30.2 Å². The molecule has 7 rings (SSSR count). The summed E-state index contributed by atoms with van der Waals surface area (Å²) in [5.74, 6) is -0.211. The van der Waals surface area contributed by atoms with Crippen molar-refractivity contribution in [3.63, 3.8) is 0 Å². The first-order valence-electron chi connectivity index (χ1n) is 15.8. The van der Waals surface area contributed by atoms with Gasteiger partial charge in [0.25, 0.3) is 6.01 Å². The quantitative estimate of drug-likeness (QED) is 0.157. The van der Waals surface area contributed by atoms with Gasteiger partial charge in [-0.3, -0.25) is 4.57 Å². The second-order valence-corrected chi connectivity index (χ2v) is 11.4. The summed E-state index contributed by atoms with van der Waals surface area (Å²) in [4.78, 5) is 30.7. The first kappa shape index (κ1) is 32.2. The minimum absolute atomic E-state index is 0.142. The lowest BCUT2D eigenvalue weighted by Crippen LogP contribution is -2.35. The lowest BCUT2D eigenvalue weighted by molar-refractivity contribution is -0.0989. The van der Waals surface area contributed by atoms with E-state index in [1.165, 1.54) is 6.92 Å². The van der Waals surface area contributed by atoms with Gasteiger partial charge in [0, 0.05) is 19.6 Å². The number of methoxy groups -OCH3 is 1. The smallest absolute Gasteiger partial charge is 0.465 e. The molecule has 5 atom stereocenters. The highest BCUT2D eigenvalue weighted by Gasteiger charge is 2.50. The molecular formula is C34H34N6O9. The molecule has 2 saturated heterocycles. The molecule has 49 heavy (non-hydrogen) atoms. The van der Waals surface area contributed by atoms with Gasteiger partial charge in [0.05, 0.1) is 43.0 Å². The molecule has 4 heterocycles. The Balaban J connectivity index is 1.07. The average molecular weight is 671 g/mol.